The van der Waals surface area contributed by atoms with Crippen molar-refractivity contribution >= 4 is 18.0 Å². The maximum absolute atomic E-state index is 5.27. The van der Waals surface area contributed by atoms with E-state index in [-0.39, 0.29) is 0 Å². The molecule has 0 heterocycles. The largest absolute Gasteiger partial charge is 0.404 e. The predicted molar refractivity (Wildman–Crippen MR) is 44.8 cm³/mol. The van der Waals surface area contributed by atoms with E-state index in [9.17, 15) is 0 Å². The third-order valence-electron chi connectivity index (χ3n) is 0.732. The maximum Gasteiger partial charge on any atom is 0.0405 e. The van der Waals surface area contributed by atoms with Crippen LogP contribution in [0.3, 0.4) is 0 Å². The number of thioether (sulfide) groups is 1. The topological polar surface area (TPSA) is 38.4 Å². The summed E-state index contributed by atoms with van der Waals surface area (Å²) in [6, 6.07) is 0. The third-order valence-corrected chi connectivity index (χ3v) is 1.60. The highest BCUT2D eigenvalue weighted by molar-refractivity contribution is 8.03. The summed E-state index contributed by atoms with van der Waals surface area (Å²) in [6.07, 6.45) is 3.33. The molecule has 0 atom stereocenters. The molecule has 0 spiro atoms. The molecule has 9 heavy (non-hydrogen) atoms. The Labute approximate surface area is 60.2 Å². The molecule has 0 fully saturated rings. The van der Waals surface area contributed by atoms with Gasteiger partial charge in [0.25, 0.3) is 0 Å². The molecule has 3 heteroatoms. The van der Waals surface area contributed by atoms with Gasteiger partial charge in [0.2, 0.25) is 0 Å². The lowest BCUT2D eigenvalue weighted by Crippen LogP contribution is -1.86. The zero-order chi connectivity index (χ0) is 7.11. The van der Waals surface area contributed by atoms with Gasteiger partial charge in [-0.25, -0.2) is 0 Å². The summed E-state index contributed by atoms with van der Waals surface area (Å²) in [5.41, 5.74) is 5.27. The molecule has 0 saturated heterocycles. The monoisotopic (exact) mass is 144 g/mol. The van der Waals surface area contributed by atoms with Crippen LogP contribution in [0.4, 0.5) is 0 Å². The standard InChI is InChI=1S/C6H12N2S/c1-3-9-6(4-7)5-8-2/h4-5H,3,7H2,1-2H3. The van der Waals surface area contributed by atoms with E-state index < -0.39 is 0 Å². The number of hydrogen-bond donors (Lipinski definition) is 1. The van der Waals surface area contributed by atoms with Gasteiger partial charge in [-0.3, -0.25) is 4.99 Å². The fourth-order valence-electron chi connectivity index (χ4n) is 0.422. The molecule has 0 rings (SSSR count). The van der Waals surface area contributed by atoms with Crippen LogP contribution in [0.25, 0.3) is 0 Å². The van der Waals surface area contributed by atoms with E-state index in [0.717, 1.165) is 10.7 Å². The fraction of sp³-hybridized carbons (Fsp3) is 0.500. The van der Waals surface area contributed by atoms with Crippen LogP contribution >= 0.6 is 11.8 Å². The van der Waals surface area contributed by atoms with E-state index >= 15 is 0 Å². The first-order valence-electron chi connectivity index (χ1n) is 2.82. The average molecular weight is 144 g/mol. The Morgan fingerprint density at radius 2 is 2.44 bits per heavy atom. The highest BCUT2D eigenvalue weighted by Gasteiger charge is 1.87. The Hall–Kier alpha value is -0.440. The molecule has 0 radical (unpaired) electrons. The van der Waals surface area contributed by atoms with Crippen molar-refractivity contribution in [2.75, 3.05) is 12.8 Å². The summed E-state index contributed by atoms with van der Waals surface area (Å²) in [5.74, 6) is 1.04. The van der Waals surface area contributed by atoms with Gasteiger partial charge in [-0.1, -0.05) is 6.92 Å². The van der Waals surface area contributed by atoms with Gasteiger partial charge in [0.15, 0.2) is 0 Å². The lowest BCUT2D eigenvalue weighted by Gasteiger charge is -1.93. The molecule has 0 saturated carbocycles. The lowest BCUT2D eigenvalue weighted by molar-refractivity contribution is 1.46. The van der Waals surface area contributed by atoms with Gasteiger partial charge < -0.3 is 5.73 Å². The second-order valence-electron chi connectivity index (χ2n) is 1.39. The van der Waals surface area contributed by atoms with Crippen molar-refractivity contribution in [1.29, 1.82) is 0 Å². The second kappa shape index (κ2) is 5.69. The zero-order valence-electron chi connectivity index (χ0n) is 5.79. The molecule has 0 amide bonds. The molecule has 0 aromatic carbocycles. The Kier molecular flexibility index (Phi) is 5.41. The molecule has 52 valence electrons. The first-order chi connectivity index (χ1) is 4.35. The molecule has 0 aliphatic heterocycles. The van der Waals surface area contributed by atoms with Crippen molar-refractivity contribution in [3.05, 3.63) is 11.1 Å². The first kappa shape index (κ1) is 8.56. The van der Waals surface area contributed by atoms with Crippen molar-refractivity contribution in [3.63, 3.8) is 0 Å². The van der Waals surface area contributed by atoms with E-state index in [1.54, 1.807) is 31.2 Å². The minimum absolute atomic E-state index is 1.03. The van der Waals surface area contributed by atoms with E-state index in [1.807, 2.05) is 0 Å². The first-order valence-corrected chi connectivity index (χ1v) is 3.80. The maximum atomic E-state index is 5.27. The van der Waals surface area contributed by atoms with Gasteiger partial charge in [-0.05, 0) is 5.75 Å². The smallest absolute Gasteiger partial charge is 0.0405 e. The van der Waals surface area contributed by atoms with Crippen molar-refractivity contribution < 1.29 is 0 Å². The van der Waals surface area contributed by atoms with Crippen LogP contribution in [-0.4, -0.2) is 19.0 Å². The Bertz CT molecular complexity index is 118. The second-order valence-corrected chi connectivity index (χ2v) is 2.73. The van der Waals surface area contributed by atoms with E-state index in [0.29, 0.717) is 0 Å². The molecular weight excluding hydrogens is 132 g/mol. The van der Waals surface area contributed by atoms with E-state index in [4.69, 9.17) is 5.73 Å². The highest BCUT2D eigenvalue weighted by atomic mass is 32.2. The molecule has 0 aromatic heterocycles. The number of hydrogen-bond acceptors (Lipinski definition) is 3. The SMILES string of the molecule is CCSC(C=NC)=CN. The van der Waals surface area contributed by atoms with Crippen LogP contribution in [0.5, 0.6) is 0 Å². The molecule has 2 N–H and O–H groups in total. The number of rotatable bonds is 3. The van der Waals surface area contributed by atoms with Gasteiger partial charge in [-0.2, -0.15) is 0 Å². The molecule has 2 nitrogen and oxygen atoms in total. The molecule has 0 bridgehead atoms. The molecule has 0 unspecified atom stereocenters. The average Bonchev–Trinajstić information content (AvgIpc) is 1.88. The van der Waals surface area contributed by atoms with Crippen LogP contribution < -0.4 is 5.73 Å². The van der Waals surface area contributed by atoms with Gasteiger partial charge in [0, 0.05) is 24.4 Å². The minimum Gasteiger partial charge on any atom is -0.404 e. The van der Waals surface area contributed by atoms with Crippen molar-refractivity contribution in [2.45, 2.75) is 6.92 Å². The molecular formula is C6H12N2S. The van der Waals surface area contributed by atoms with Gasteiger partial charge in [0.05, 0.1) is 0 Å². The number of allylic oxidation sites excluding steroid dienone is 1. The molecule has 0 aromatic rings. The van der Waals surface area contributed by atoms with E-state index in [2.05, 4.69) is 11.9 Å². The van der Waals surface area contributed by atoms with E-state index in [1.165, 1.54) is 0 Å². The Morgan fingerprint density at radius 3 is 2.78 bits per heavy atom. The fourth-order valence-corrected chi connectivity index (χ4v) is 1.03. The van der Waals surface area contributed by atoms with Crippen LogP contribution in [0.2, 0.25) is 0 Å². The van der Waals surface area contributed by atoms with Crippen molar-refractivity contribution in [2.24, 2.45) is 10.7 Å². The quantitative estimate of drug-likeness (QED) is 0.605. The molecule has 0 aliphatic rings. The zero-order valence-corrected chi connectivity index (χ0v) is 6.61. The van der Waals surface area contributed by atoms with Crippen LogP contribution in [0.1, 0.15) is 6.92 Å². The Balaban J connectivity index is 3.70. The predicted octanol–water partition coefficient (Wildman–Crippen LogP) is 1.24. The van der Waals surface area contributed by atoms with Crippen molar-refractivity contribution in [1.82, 2.24) is 0 Å². The van der Waals surface area contributed by atoms with Crippen LogP contribution in [0.15, 0.2) is 16.1 Å². The summed E-state index contributed by atoms with van der Waals surface area (Å²) >= 11 is 1.69. The minimum atomic E-state index is 1.03. The highest BCUT2D eigenvalue weighted by Crippen LogP contribution is 2.09. The van der Waals surface area contributed by atoms with Crippen LogP contribution in [0, 0.1) is 0 Å². The summed E-state index contributed by atoms with van der Waals surface area (Å²) in [5, 5.41) is 0. The number of aliphatic imine (C=N–C) groups is 1. The lowest BCUT2D eigenvalue weighted by atomic mass is 10.6. The summed E-state index contributed by atoms with van der Waals surface area (Å²) in [7, 11) is 1.74. The summed E-state index contributed by atoms with van der Waals surface area (Å²) < 4.78 is 0. The third kappa shape index (κ3) is 4.09. The van der Waals surface area contributed by atoms with Gasteiger partial charge in [-0.15, -0.1) is 11.8 Å². The van der Waals surface area contributed by atoms with Gasteiger partial charge in [0.1, 0.15) is 0 Å². The summed E-state index contributed by atoms with van der Waals surface area (Å²) in [6.45, 7) is 2.08. The van der Waals surface area contributed by atoms with Crippen molar-refractivity contribution in [3.8, 4) is 0 Å². The summed E-state index contributed by atoms with van der Waals surface area (Å²) in [4.78, 5) is 4.86. The molecule has 0 aliphatic carbocycles. The normalized spacial score (nSPS) is 12.9. The van der Waals surface area contributed by atoms with Gasteiger partial charge >= 0.3 is 0 Å². The van der Waals surface area contributed by atoms with Crippen LogP contribution in [-0.2, 0) is 0 Å². The Morgan fingerprint density at radius 1 is 1.78 bits per heavy atom. The number of nitrogens with zero attached hydrogens (tertiary/aromatic N) is 1. The number of nitrogens with two attached hydrogens (primary N) is 1.